The van der Waals surface area contributed by atoms with E-state index in [0.29, 0.717) is 6.61 Å². The molecule has 0 fully saturated rings. The van der Waals surface area contributed by atoms with Crippen LogP contribution in [0.3, 0.4) is 0 Å². The molecule has 0 aliphatic rings. The Morgan fingerprint density at radius 3 is 2.65 bits per heavy atom. The molecule has 1 aromatic heterocycles. The largest absolute Gasteiger partial charge is 0.486 e. The number of ether oxygens (including phenoxy) is 1. The van der Waals surface area contributed by atoms with Crippen LogP contribution in [-0.2, 0) is 13.2 Å². The fourth-order valence-electron chi connectivity index (χ4n) is 1.55. The lowest BCUT2D eigenvalue weighted by Crippen LogP contribution is -2.04. The first-order valence-electron chi connectivity index (χ1n) is 5.56. The van der Waals surface area contributed by atoms with Gasteiger partial charge in [-0.3, -0.25) is 0 Å². The van der Waals surface area contributed by atoms with Crippen LogP contribution in [0.1, 0.15) is 17.0 Å². The summed E-state index contributed by atoms with van der Waals surface area (Å²) in [5, 5.41) is 6.90. The van der Waals surface area contributed by atoms with Crippen molar-refractivity contribution in [3.63, 3.8) is 0 Å². The quantitative estimate of drug-likeness (QED) is 0.859. The number of aryl methyl sites for hydroxylation is 1. The van der Waals surface area contributed by atoms with Crippen molar-refractivity contribution in [2.45, 2.75) is 20.1 Å². The third-order valence-corrected chi connectivity index (χ3v) is 2.36. The van der Waals surface area contributed by atoms with Gasteiger partial charge in [0.2, 0.25) is 0 Å². The predicted octanol–water partition coefficient (Wildman–Crippen LogP) is 2.28. The van der Waals surface area contributed by atoms with Crippen molar-refractivity contribution in [2.24, 2.45) is 0 Å². The van der Waals surface area contributed by atoms with E-state index in [-0.39, 0.29) is 0 Å². The molecule has 1 N–H and O–H groups in total. The van der Waals surface area contributed by atoms with Gasteiger partial charge in [0.1, 0.15) is 12.4 Å². The fraction of sp³-hybridized carbons (Fsp3) is 0.308. The van der Waals surface area contributed by atoms with E-state index in [1.165, 1.54) is 5.56 Å². The first kappa shape index (κ1) is 11.7. The first-order chi connectivity index (χ1) is 8.28. The zero-order chi connectivity index (χ0) is 12.1. The summed E-state index contributed by atoms with van der Waals surface area (Å²) in [6, 6.07) is 9.86. The first-order valence-corrected chi connectivity index (χ1v) is 5.56. The Balaban J connectivity index is 1.90. The van der Waals surface area contributed by atoms with Gasteiger partial charge in [0.25, 0.3) is 0 Å². The number of hydrogen-bond acceptors (Lipinski definition) is 4. The number of rotatable bonds is 5. The van der Waals surface area contributed by atoms with Gasteiger partial charge < -0.3 is 14.6 Å². The van der Waals surface area contributed by atoms with E-state index in [4.69, 9.17) is 9.26 Å². The molecular weight excluding hydrogens is 216 g/mol. The minimum absolute atomic E-state index is 0.409. The van der Waals surface area contributed by atoms with Gasteiger partial charge >= 0.3 is 0 Å². The van der Waals surface area contributed by atoms with Crippen molar-refractivity contribution in [1.29, 1.82) is 0 Å². The van der Waals surface area contributed by atoms with E-state index in [0.717, 1.165) is 23.7 Å². The maximum Gasteiger partial charge on any atom is 0.174 e. The molecule has 0 radical (unpaired) electrons. The van der Waals surface area contributed by atoms with Gasteiger partial charge in [-0.2, -0.15) is 0 Å². The second-order valence-corrected chi connectivity index (χ2v) is 3.90. The van der Waals surface area contributed by atoms with Gasteiger partial charge in [-0.25, -0.2) is 0 Å². The van der Waals surface area contributed by atoms with E-state index in [2.05, 4.69) is 10.5 Å². The van der Waals surface area contributed by atoms with E-state index < -0.39 is 0 Å². The standard InChI is InChI=1S/C13H16N2O2/c1-10-7-13(17-15-10)9-16-12-5-3-11(4-6-12)8-14-2/h3-7,14H,8-9H2,1-2H3. The number of benzene rings is 1. The van der Waals surface area contributed by atoms with Crippen LogP contribution >= 0.6 is 0 Å². The van der Waals surface area contributed by atoms with E-state index >= 15 is 0 Å². The van der Waals surface area contributed by atoms with Crippen molar-refractivity contribution in [2.75, 3.05) is 7.05 Å². The van der Waals surface area contributed by atoms with Crippen LogP contribution < -0.4 is 10.1 Å². The summed E-state index contributed by atoms with van der Waals surface area (Å²) in [6.45, 7) is 3.16. The van der Waals surface area contributed by atoms with Crippen LogP contribution in [0.15, 0.2) is 34.9 Å². The van der Waals surface area contributed by atoms with Crippen molar-refractivity contribution >= 4 is 0 Å². The summed E-state index contributed by atoms with van der Waals surface area (Å²) in [5.41, 5.74) is 2.10. The normalized spacial score (nSPS) is 10.5. The minimum Gasteiger partial charge on any atom is -0.486 e. The van der Waals surface area contributed by atoms with Crippen LogP contribution in [0, 0.1) is 6.92 Å². The summed E-state index contributed by atoms with van der Waals surface area (Å²) >= 11 is 0. The summed E-state index contributed by atoms with van der Waals surface area (Å²) in [5.74, 6) is 1.57. The molecule has 2 aromatic rings. The molecule has 0 saturated heterocycles. The minimum atomic E-state index is 0.409. The van der Waals surface area contributed by atoms with Crippen LogP contribution in [-0.4, -0.2) is 12.2 Å². The predicted molar refractivity (Wildman–Crippen MR) is 64.8 cm³/mol. The molecular formula is C13H16N2O2. The van der Waals surface area contributed by atoms with Crippen molar-refractivity contribution in [3.05, 3.63) is 47.3 Å². The van der Waals surface area contributed by atoms with E-state index in [1.54, 1.807) is 0 Å². The van der Waals surface area contributed by atoms with Crippen molar-refractivity contribution < 1.29 is 9.26 Å². The molecule has 0 aliphatic heterocycles. The third-order valence-electron chi connectivity index (χ3n) is 2.36. The Hall–Kier alpha value is -1.81. The zero-order valence-corrected chi connectivity index (χ0v) is 10.1. The Labute approximate surface area is 101 Å². The van der Waals surface area contributed by atoms with Crippen molar-refractivity contribution in [3.8, 4) is 5.75 Å². The fourth-order valence-corrected chi connectivity index (χ4v) is 1.55. The van der Waals surface area contributed by atoms with E-state index in [1.807, 2.05) is 44.3 Å². The smallest absolute Gasteiger partial charge is 0.174 e. The maximum absolute atomic E-state index is 5.58. The summed E-state index contributed by atoms with van der Waals surface area (Å²) in [7, 11) is 1.93. The average Bonchev–Trinajstić information content (AvgIpc) is 2.75. The molecule has 2 rings (SSSR count). The van der Waals surface area contributed by atoms with E-state index in [9.17, 15) is 0 Å². The average molecular weight is 232 g/mol. The zero-order valence-electron chi connectivity index (χ0n) is 10.1. The maximum atomic E-state index is 5.58. The van der Waals surface area contributed by atoms with Crippen LogP contribution in [0.5, 0.6) is 5.75 Å². The molecule has 1 heterocycles. The number of hydrogen-bond donors (Lipinski definition) is 1. The summed E-state index contributed by atoms with van der Waals surface area (Å²) < 4.78 is 10.6. The molecule has 0 amide bonds. The van der Waals surface area contributed by atoms with Crippen LogP contribution in [0.2, 0.25) is 0 Å². The molecule has 0 spiro atoms. The third kappa shape index (κ3) is 3.32. The lowest BCUT2D eigenvalue weighted by molar-refractivity contribution is 0.248. The highest BCUT2D eigenvalue weighted by molar-refractivity contribution is 5.27. The number of nitrogens with one attached hydrogen (secondary N) is 1. The SMILES string of the molecule is CNCc1ccc(OCc2cc(C)no2)cc1. The highest BCUT2D eigenvalue weighted by Crippen LogP contribution is 2.14. The highest BCUT2D eigenvalue weighted by Gasteiger charge is 2.01. The lowest BCUT2D eigenvalue weighted by atomic mass is 10.2. The Morgan fingerprint density at radius 1 is 1.29 bits per heavy atom. The molecule has 0 unspecified atom stereocenters. The highest BCUT2D eigenvalue weighted by atomic mass is 16.5. The number of aromatic nitrogens is 1. The Morgan fingerprint density at radius 2 is 2.06 bits per heavy atom. The Kier molecular flexibility index (Phi) is 3.77. The molecule has 17 heavy (non-hydrogen) atoms. The van der Waals surface area contributed by atoms with Gasteiger partial charge in [0, 0.05) is 12.6 Å². The molecule has 0 bridgehead atoms. The van der Waals surface area contributed by atoms with Crippen LogP contribution in [0.4, 0.5) is 0 Å². The van der Waals surface area contributed by atoms with Gasteiger partial charge in [-0.15, -0.1) is 0 Å². The topological polar surface area (TPSA) is 47.3 Å². The molecule has 4 heteroatoms. The van der Waals surface area contributed by atoms with Gasteiger partial charge in [0.05, 0.1) is 5.69 Å². The second kappa shape index (κ2) is 5.50. The molecule has 0 aliphatic carbocycles. The number of nitrogens with zero attached hydrogens (tertiary/aromatic N) is 1. The molecule has 0 saturated carbocycles. The molecule has 0 atom stereocenters. The van der Waals surface area contributed by atoms with Gasteiger partial charge in [0.15, 0.2) is 5.76 Å². The molecule has 4 nitrogen and oxygen atoms in total. The van der Waals surface area contributed by atoms with Gasteiger partial charge in [-0.1, -0.05) is 17.3 Å². The van der Waals surface area contributed by atoms with Crippen molar-refractivity contribution in [1.82, 2.24) is 10.5 Å². The Bertz CT molecular complexity index is 463. The second-order valence-electron chi connectivity index (χ2n) is 3.90. The summed E-state index contributed by atoms with van der Waals surface area (Å²) in [6.07, 6.45) is 0. The lowest BCUT2D eigenvalue weighted by Gasteiger charge is -2.05. The van der Waals surface area contributed by atoms with Gasteiger partial charge in [-0.05, 0) is 31.7 Å². The monoisotopic (exact) mass is 232 g/mol. The van der Waals surface area contributed by atoms with Crippen LogP contribution in [0.25, 0.3) is 0 Å². The molecule has 90 valence electrons. The molecule has 1 aromatic carbocycles. The summed E-state index contributed by atoms with van der Waals surface area (Å²) in [4.78, 5) is 0.